The van der Waals surface area contributed by atoms with Crippen molar-refractivity contribution in [3.8, 4) is 6.07 Å². The molecule has 0 aliphatic carbocycles. The number of hydrogen-bond acceptors (Lipinski definition) is 2. The van der Waals surface area contributed by atoms with Crippen molar-refractivity contribution in [3.63, 3.8) is 0 Å². The van der Waals surface area contributed by atoms with Crippen molar-refractivity contribution in [2.24, 2.45) is 5.92 Å². The molecule has 1 aliphatic rings. The average molecular weight is 129 g/mol. The first-order valence-corrected chi connectivity index (χ1v) is 2.93. The van der Waals surface area contributed by atoms with Gasteiger partial charge >= 0.3 is 0 Å². The summed E-state index contributed by atoms with van der Waals surface area (Å²) in [6, 6.07) is 1.92. The van der Waals surface area contributed by atoms with Gasteiger partial charge in [0.1, 0.15) is 6.17 Å². The molecule has 0 amide bonds. The summed E-state index contributed by atoms with van der Waals surface area (Å²) < 4.78 is 17.3. The molecule has 1 fully saturated rings. The Labute approximate surface area is 53.2 Å². The monoisotopic (exact) mass is 129 g/mol. The van der Waals surface area contributed by atoms with Gasteiger partial charge < -0.3 is 4.74 Å². The lowest BCUT2D eigenvalue weighted by molar-refractivity contribution is 0.172. The Kier molecular flexibility index (Phi) is 2.01. The smallest absolute Gasteiger partial charge is 0.129 e. The number of nitriles is 1. The van der Waals surface area contributed by atoms with Gasteiger partial charge in [-0.05, 0) is 0 Å². The number of rotatable bonds is 1. The third-order valence-electron chi connectivity index (χ3n) is 1.47. The van der Waals surface area contributed by atoms with Crippen LogP contribution < -0.4 is 0 Å². The van der Waals surface area contributed by atoms with E-state index in [9.17, 15) is 4.39 Å². The van der Waals surface area contributed by atoms with Crippen LogP contribution in [0.5, 0.6) is 0 Å². The van der Waals surface area contributed by atoms with Gasteiger partial charge in [0.05, 0.1) is 19.3 Å². The minimum Gasteiger partial charge on any atom is -0.378 e. The van der Waals surface area contributed by atoms with E-state index < -0.39 is 6.17 Å². The molecule has 1 aliphatic heterocycles. The topological polar surface area (TPSA) is 33.0 Å². The standard InChI is InChI=1S/C6H8FNO/c7-6-4-9-3-5(6)1-2-8/h5-6H,1,3-4H2. The van der Waals surface area contributed by atoms with Crippen LogP contribution in [0.25, 0.3) is 0 Å². The molecule has 0 aromatic heterocycles. The molecule has 0 aromatic rings. The van der Waals surface area contributed by atoms with Crippen LogP contribution in [0.3, 0.4) is 0 Å². The average Bonchev–Trinajstić information content (AvgIpc) is 2.18. The summed E-state index contributed by atoms with van der Waals surface area (Å²) in [7, 11) is 0. The van der Waals surface area contributed by atoms with E-state index in [1.54, 1.807) is 0 Å². The van der Waals surface area contributed by atoms with Gasteiger partial charge in [0, 0.05) is 12.3 Å². The molecule has 3 heteroatoms. The lowest BCUT2D eigenvalue weighted by atomic mass is 10.1. The van der Waals surface area contributed by atoms with E-state index in [1.807, 2.05) is 6.07 Å². The second-order valence-corrected chi connectivity index (χ2v) is 2.18. The summed E-state index contributed by atoms with van der Waals surface area (Å²) in [5, 5.41) is 8.17. The van der Waals surface area contributed by atoms with E-state index in [2.05, 4.69) is 0 Å². The minimum atomic E-state index is -0.912. The first kappa shape index (κ1) is 6.50. The normalized spacial score (nSPS) is 34.2. The lowest BCUT2D eigenvalue weighted by Gasteiger charge is -2.02. The van der Waals surface area contributed by atoms with Crippen LogP contribution in [-0.4, -0.2) is 19.4 Å². The predicted molar refractivity (Wildman–Crippen MR) is 29.4 cm³/mol. The van der Waals surface area contributed by atoms with Crippen molar-refractivity contribution < 1.29 is 9.13 Å². The Morgan fingerprint density at radius 1 is 1.67 bits per heavy atom. The van der Waals surface area contributed by atoms with Gasteiger partial charge in [-0.3, -0.25) is 0 Å². The molecule has 50 valence electrons. The number of alkyl halides is 1. The van der Waals surface area contributed by atoms with Crippen LogP contribution in [0.1, 0.15) is 6.42 Å². The first-order chi connectivity index (χ1) is 4.34. The SMILES string of the molecule is N#CCC1COCC1F. The second-order valence-electron chi connectivity index (χ2n) is 2.18. The highest BCUT2D eigenvalue weighted by molar-refractivity contribution is 4.83. The zero-order valence-corrected chi connectivity index (χ0v) is 5.01. The highest BCUT2D eigenvalue weighted by Crippen LogP contribution is 2.19. The van der Waals surface area contributed by atoms with Crippen LogP contribution in [-0.2, 0) is 4.74 Å². The van der Waals surface area contributed by atoms with Crippen molar-refractivity contribution in [1.82, 2.24) is 0 Å². The fourth-order valence-corrected chi connectivity index (χ4v) is 0.877. The summed E-state index contributed by atoms with van der Waals surface area (Å²) in [5.74, 6) is -0.171. The molecule has 2 atom stereocenters. The lowest BCUT2D eigenvalue weighted by Crippen LogP contribution is -2.11. The van der Waals surface area contributed by atoms with Crippen molar-refractivity contribution in [2.45, 2.75) is 12.6 Å². The van der Waals surface area contributed by atoms with Gasteiger partial charge in [0.15, 0.2) is 0 Å². The summed E-state index contributed by atoms with van der Waals surface area (Å²) in [5.41, 5.74) is 0. The fourth-order valence-electron chi connectivity index (χ4n) is 0.877. The van der Waals surface area contributed by atoms with E-state index >= 15 is 0 Å². The Bertz CT molecular complexity index is 132. The molecule has 9 heavy (non-hydrogen) atoms. The molecule has 2 unspecified atom stereocenters. The highest BCUT2D eigenvalue weighted by atomic mass is 19.1. The predicted octanol–water partition coefficient (Wildman–Crippen LogP) is 0.885. The van der Waals surface area contributed by atoms with Crippen molar-refractivity contribution in [3.05, 3.63) is 0 Å². The molecule has 0 radical (unpaired) electrons. The summed E-state index contributed by atoms with van der Waals surface area (Å²) >= 11 is 0. The number of hydrogen-bond donors (Lipinski definition) is 0. The van der Waals surface area contributed by atoms with Crippen molar-refractivity contribution in [1.29, 1.82) is 5.26 Å². The Hall–Kier alpha value is -0.620. The van der Waals surface area contributed by atoms with Gasteiger partial charge in [0.25, 0.3) is 0 Å². The quantitative estimate of drug-likeness (QED) is 0.526. The second kappa shape index (κ2) is 2.79. The largest absolute Gasteiger partial charge is 0.378 e. The summed E-state index contributed by atoms with van der Waals surface area (Å²) in [6.07, 6.45) is -0.633. The Morgan fingerprint density at radius 3 is 2.89 bits per heavy atom. The molecule has 0 spiro atoms. The first-order valence-electron chi connectivity index (χ1n) is 2.93. The van der Waals surface area contributed by atoms with Crippen LogP contribution >= 0.6 is 0 Å². The van der Waals surface area contributed by atoms with E-state index in [0.717, 1.165) is 0 Å². The molecule has 1 saturated heterocycles. The van der Waals surface area contributed by atoms with E-state index in [0.29, 0.717) is 6.61 Å². The molecule has 1 rings (SSSR count). The van der Waals surface area contributed by atoms with Crippen molar-refractivity contribution >= 4 is 0 Å². The van der Waals surface area contributed by atoms with E-state index in [1.165, 1.54) is 0 Å². The zero-order valence-electron chi connectivity index (χ0n) is 5.01. The number of ether oxygens (including phenoxy) is 1. The van der Waals surface area contributed by atoms with Gasteiger partial charge in [-0.25, -0.2) is 4.39 Å². The van der Waals surface area contributed by atoms with E-state index in [-0.39, 0.29) is 18.9 Å². The van der Waals surface area contributed by atoms with Crippen molar-refractivity contribution in [2.75, 3.05) is 13.2 Å². The fraction of sp³-hybridized carbons (Fsp3) is 0.833. The summed E-state index contributed by atoms with van der Waals surface area (Å²) in [4.78, 5) is 0. The third-order valence-corrected chi connectivity index (χ3v) is 1.47. The molecule has 0 bridgehead atoms. The maximum absolute atomic E-state index is 12.5. The van der Waals surface area contributed by atoms with Crippen LogP contribution in [0, 0.1) is 17.2 Å². The van der Waals surface area contributed by atoms with E-state index in [4.69, 9.17) is 10.00 Å². The van der Waals surface area contributed by atoms with Gasteiger partial charge in [-0.1, -0.05) is 0 Å². The third kappa shape index (κ3) is 1.39. The number of halogens is 1. The minimum absolute atomic E-state index is 0.171. The molecule has 0 aromatic carbocycles. The molecular formula is C6H8FNO. The maximum atomic E-state index is 12.5. The molecule has 0 N–H and O–H groups in total. The van der Waals surface area contributed by atoms with Gasteiger partial charge in [-0.2, -0.15) is 5.26 Å². The van der Waals surface area contributed by atoms with Crippen LogP contribution in [0.2, 0.25) is 0 Å². The van der Waals surface area contributed by atoms with Crippen LogP contribution in [0.15, 0.2) is 0 Å². The molecule has 2 nitrogen and oxygen atoms in total. The Morgan fingerprint density at radius 2 is 2.44 bits per heavy atom. The van der Waals surface area contributed by atoms with Gasteiger partial charge in [0.2, 0.25) is 0 Å². The maximum Gasteiger partial charge on any atom is 0.129 e. The summed E-state index contributed by atoms with van der Waals surface area (Å²) in [6.45, 7) is 0.584. The zero-order chi connectivity index (χ0) is 6.69. The van der Waals surface area contributed by atoms with Crippen LogP contribution in [0.4, 0.5) is 4.39 Å². The van der Waals surface area contributed by atoms with Gasteiger partial charge in [-0.15, -0.1) is 0 Å². The molecular weight excluding hydrogens is 121 g/mol. The molecule has 0 saturated carbocycles. The Balaban J connectivity index is 2.33. The highest BCUT2D eigenvalue weighted by Gasteiger charge is 2.27. The number of nitrogens with zero attached hydrogens (tertiary/aromatic N) is 1. The molecule has 1 heterocycles.